The fraction of sp³-hybridized carbons (Fsp3) is 0.562. The maximum Gasteiger partial charge on any atom is 0.319 e. The van der Waals surface area contributed by atoms with E-state index in [-0.39, 0.29) is 6.03 Å². The van der Waals surface area contributed by atoms with E-state index in [4.69, 9.17) is 9.47 Å². The Morgan fingerprint density at radius 3 is 2.48 bits per heavy atom. The molecule has 0 heterocycles. The largest absolute Gasteiger partial charge is 0.494 e. The van der Waals surface area contributed by atoms with E-state index in [0.717, 1.165) is 37.3 Å². The molecule has 0 saturated carbocycles. The smallest absolute Gasteiger partial charge is 0.319 e. The van der Waals surface area contributed by atoms with Crippen LogP contribution in [0.1, 0.15) is 33.1 Å². The van der Waals surface area contributed by atoms with E-state index in [2.05, 4.69) is 17.6 Å². The van der Waals surface area contributed by atoms with Gasteiger partial charge in [-0.3, -0.25) is 0 Å². The molecule has 0 saturated heterocycles. The third-order valence-corrected chi connectivity index (χ3v) is 2.82. The molecule has 1 aromatic carbocycles. The minimum Gasteiger partial charge on any atom is -0.494 e. The van der Waals surface area contributed by atoms with Gasteiger partial charge in [-0.25, -0.2) is 4.79 Å². The maximum absolute atomic E-state index is 11.7. The third-order valence-electron chi connectivity index (χ3n) is 2.82. The topological polar surface area (TPSA) is 59.6 Å². The number of ether oxygens (including phenoxy) is 2. The quantitative estimate of drug-likeness (QED) is 0.650. The summed E-state index contributed by atoms with van der Waals surface area (Å²) in [4.78, 5) is 11.7. The molecule has 21 heavy (non-hydrogen) atoms. The van der Waals surface area contributed by atoms with Gasteiger partial charge in [0.1, 0.15) is 5.75 Å². The zero-order valence-electron chi connectivity index (χ0n) is 13.0. The van der Waals surface area contributed by atoms with Crippen LogP contribution in [-0.4, -0.2) is 32.4 Å². The molecule has 0 unspecified atom stereocenters. The average molecular weight is 294 g/mol. The van der Waals surface area contributed by atoms with Crippen LogP contribution < -0.4 is 15.4 Å². The summed E-state index contributed by atoms with van der Waals surface area (Å²) in [6, 6.07) is 7.10. The summed E-state index contributed by atoms with van der Waals surface area (Å²) in [6.45, 7) is 6.79. The van der Waals surface area contributed by atoms with Crippen LogP contribution in [0.25, 0.3) is 0 Å². The van der Waals surface area contributed by atoms with Crippen molar-refractivity contribution in [2.75, 3.05) is 31.7 Å². The molecule has 0 aliphatic heterocycles. The van der Waals surface area contributed by atoms with Crippen molar-refractivity contribution < 1.29 is 14.3 Å². The van der Waals surface area contributed by atoms with E-state index in [9.17, 15) is 4.79 Å². The molecule has 0 radical (unpaired) electrons. The second-order valence-corrected chi connectivity index (χ2v) is 4.66. The highest BCUT2D eigenvalue weighted by atomic mass is 16.5. The van der Waals surface area contributed by atoms with E-state index in [1.54, 1.807) is 0 Å². The Bertz CT molecular complexity index is 393. The number of hydrogen-bond acceptors (Lipinski definition) is 3. The van der Waals surface area contributed by atoms with Crippen molar-refractivity contribution in [2.45, 2.75) is 33.1 Å². The number of urea groups is 1. The van der Waals surface area contributed by atoms with Gasteiger partial charge in [0.2, 0.25) is 0 Å². The van der Waals surface area contributed by atoms with Crippen molar-refractivity contribution in [2.24, 2.45) is 0 Å². The Kier molecular flexibility index (Phi) is 9.04. The number of benzene rings is 1. The van der Waals surface area contributed by atoms with E-state index in [1.807, 2.05) is 31.2 Å². The second-order valence-electron chi connectivity index (χ2n) is 4.66. The number of amides is 2. The predicted octanol–water partition coefficient (Wildman–Crippen LogP) is 3.41. The van der Waals surface area contributed by atoms with Crippen LogP contribution in [0.4, 0.5) is 10.5 Å². The van der Waals surface area contributed by atoms with Crippen LogP contribution >= 0.6 is 0 Å². The molecule has 0 aliphatic rings. The van der Waals surface area contributed by atoms with Crippen LogP contribution in [-0.2, 0) is 4.74 Å². The predicted molar refractivity (Wildman–Crippen MR) is 85.0 cm³/mol. The number of nitrogens with one attached hydrogen (secondary N) is 2. The Hall–Kier alpha value is -1.75. The first kappa shape index (κ1) is 17.3. The third kappa shape index (κ3) is 8.19. The first-order chi connectivity index (χ1) is 10.3. The van der Waals surface area contributed by atoms with Gasteiger partial charge < -0.3 is 20.1 Å². The van der Waals surface area contributed by atoms with Gasteiger partial charge in [0.25, 0.3) is 0 Å². The van der Waals surface area contributed by atoms with Gasteiger partial charge in [-0.2, -0.15) is 0 Å². The molecular formula is C16H26N2O3. The van der Waals surface area contributed by atoms with Crippen molar-refractivity contribution in [3.8, 4) is 5.75 Å². The molecule has 5 heteroatoms. The number of anilines is 1. The summed E-state index contributed by atoms with van der Waals surface area (Å²) in [5, 5.41) is 5.58. The van der Waals surface area contributed by atoms with Crippen molar-refractivity contribution in [3.63, 3.8) is 0 Å². The summed E-state index contributed by atoms with van der Waals surface area (Å²) < 4.78 is 10.8. The minimum absolute atomic E-state index is 0.201. The zero-order valence-corrected chi connectivity index (χ0v) is 13.0. The zero-order chi connectivity index (χ0) is 15.3. The molecule has 1 rings (SSSR count). The Balaban J connectivity index is 2.12. The van der Waals surface area contributed by atoms with Crippen LogP contribution in [0, 0.1) is 0 Å². The van der Waals surface area contributed by atoms with Crippen LogP contribution in [0.15, 0.2) is 24.3 Å². The van der Waals surface area contributed by atoms with Gasteiger partial charge in [-0.1, -0.05) is 13.3 Å². The van der Waals surface area contributed by atoms with Crippen molar-refractivity contribution >= 4 is 11.7 Å². The molecule has 0 aromatic heterocycles. The van der Waals surface area contributed by atoms with E-state index in [1.165, 1.54) is 0 Å². The normalized spacial score (nSPS) is 10.2. The Labute approximate surface area is 127 Å². The molecule has 1 aromatic rings. The summed E-state index contributed by atoms with van der Waals surface area (Å²) in [5.74, 6) is 0.799. The standard InChI is InChI=1S/C16H26N2O3/c1-3-5-12-20-13-6-11-17-16(19)18-14-7-9-15(10-8-14)21-4-2/h7-10H,3-6,11-13H2,1-2H3,(H2,17,18,19). The lowest BCUT2D eigenvalue weighted by Crippen LogP contribution is -2.30. The Morgan fingerprint density at radius 2 is 1.81 bits per heavy atom. The lowest BCUT2D eigenvalue weighted by atomic mass is 10.3. The Morgan fingerprint density at radius 1 is 1.10 bits per heavy atom. The summed E-state index contributed by atoms with van der Waals surface area (Å²) in [7, 11) is 0. The monoisotopic (exact) mass is 294 g/mol. The first-order valence-corrected chi connectivity index (χ1v) is 7.61. The van der Waals surface area contributed by atoms with Gasteiger partial charge in [0.05, 0.1) is 6.61 Å². The fourth-order valence-corrected chi connectivity index (χ4v) is 1.70. The van der Waals surface area contributed by atoms with Gasteiger partial charge >= 0.3 is 6.03 Å². The number of unbranched alkanes of at least 4 members (excludes halogenated alkanes) is 1. The van der Waals surface area contributed by atoms with Gasteiger partial charge in [-0.15, -0.1) is 0 Å². The van der Waals surface area contributed by atoms with Crippen molar-refractivity contribution in [1.29, 1.82) is 0 Å². The highest BCUT2D eigenvalue weighted by Gasteiger charge is 2.01. The number of hydrogen-bond donors (Lipinski definition) is 2. The fourth-order valence-electron chi connectivity index (χ4n) is 1.70. The van der Waals surface area contributed by atoms with Crippen LogP contribution in [0.3, 0.4) is 0 Å². The highest BCUT2D eigenvalue weighted by molar-refractivity contribution is 5.89. The minimum atomic E-state index is -0.201. The van der Waals surface area contributed by atoms with E-state index in [0.29, 0.717) is 19.8 Å². The molecule has 0 fully saturated rings. The molecule has 0 spiro atoms. The lowest BCUT2D eigenvalue weighted by molar-refractivity contribution is 0.129. The average Bonchev–Trinajstić information content (AvgIpc) is 2.49. The lowest BCUT2D eigenvalue weighted by Gasteiger charge is -2.09. The first-order valence-electron chi connectivity index (χ1n) is 7.61. The van der Waals surface area contributed by atoms with Crippen molar-refractivity contribution in [3.05, 3.63) is 24.3 Å². The van der Waals surface area contributed by atoms with Gasteiger partial charge in [0, 0.05) is 25.4 Å². The van der Waals surface area contributed by atoms with Gasteiger partial charge in [-0.05, 0) is 44.0 Å². The van der Waals surface area contributed by atoms with E-state index >= 15 is 0 Å². The van der Waals surface area contributed by atoms with Gasteiger partial charge in [0.15, 0.2) is 0 Å². The summed E-state index contributed by atoms with van der Waals surface area (Å²) in [5.41, 5.74) is 0.746. The van der Waals surface area contributed by atoms with Crippen LogP contribution in [0.2, 0.25) is 0 Å². The molecule has 2 amide bonds. The molecule has 0 aliphatic carbocycles. The SMILES string of the molecule is CCCCOCCCNC(=O)Nc1ccc(OCC)cc1. The molecule has 118 valence electrons. The van der Waals surface area contributed by atoms with E-state index < -0.39 is 0 Å². The number of carbonyl (C=O) groups is 1. The summed E-state index contributed by atoms with van der Waals surface area (Å²) >= 11 is 0. The molecule has 0 bridgehead atoms. The van der Waals surface area contributed by atoms with Crippen molar-refractivity contribution in [1.82, 2.24) is 5.32 Å². The molecule has 2 N–H and O–H groups in total. The van der Waals surface area contributed by atoms with Crippen LogP contribution in [0.5, 0.6) is 5.75 Å². The second kappa shape index (κ2) is 11.0. The highest BCUT2D eigenvalue weighted by Crippen LogP contribution is 2.15. The number of rotatable bonds is 10. The summed E-state index contributed by atoms with van der Waals surface area (Å²) in [6.07, 6.45) is 3.05. The number of carbonyl (C=O) groups excluding carboxylic acids is 1. The molecular weight excluding hydrogens is 268 g/mol. The maximum atomic E-state index is 11.7. The molecule has 0 atom stereocenters. The molecule has 5 nitrogen and oxygen atoms in total.